The molecule has 4 rings (SSSR count). The number of carboxylic acids is 1. The number of nitrogens with zero attached hydrogens (tertiary/aromatic N) is 5. The number of ether oxygens (including phenoxy) is 2. The largest absolute Gasteiger partial charge is 0.477 e. The molecule has 0 radical (unpaired) electrons. The van der Waals surface area contributed by atoms with Crippen molar-refractivity contribution in [1.82, 2.24) is 29.9 Å². The van der Waals surface area contributed by atoms with E-state index in [1.807, 2.05) is 6.92 Å². The van der Waals surface area contributed by atoms with Crippen molar-refractivity contribution < 1.29 is 73.3 Å². The van der Waals surface area contributed by atoms with Gasteiger partial charge in [0.25, 0.3) is 5.79 Å². The lowest BCUT2D eigenvalue weighted by Crippen LogP contribution is -2.67. The molecule has 52 heavy (non-hydrogen) atoms. The smallest absolute Gasteiger partial charge is 0.475 e. The van der Waals surface area contributed by atoms with Crippen LogP contribution in [0, 0.1) is 0 Å². The second-order valence-corrected chi connectivity index (χ2v) is 13.9. The van der Waals surface area contributed by atoms with Crippen LogP contribution >= 0.6 is 7.82 Å². The van der Waals surface area contributed by atoms with Gasteiger partial charge in [0.05, 0.1) is 37.6 Å². The molecule has 2 saturated heterocycles. The molecular formula is C28H44N7O16P. The van der Waals surface area contributed by atoms with E-state index in [1.54, 1.807) is 0 Å². The van der Waals surface area contributed by atoms with Crippen LogP contribution in [0.5, 0.6) is 0 Å². The number of hydrogen-bond acceptors (Lipinski definition) is 18. The number of anilines is 1. The van der Waals surface area contributed by atoms with Crippen molar-refractivity contribution in [3.63, 3.8) is 0 Å². The molecule has 292 valence electrons. The molecule has 2 aliphatic heterocycles. The van der Waals surface area contributed by atoms with Gasteiger partial charge in [-0.1, -0.05) is 31.4 Å². The average molecular weight is 766 g/mol. The molecule has 2 aromatic rings. The van der Waals surface area contributed by atoms with Gasteiger partial charge in [0.2, 0.25) is 5.91 Å². The summed E-state index contributed by atoms with van der Waals surface area (Å²) in [5, 5.41) is 84.5. The molecule has 2 aromatic heterocycles. The first-order chi connectivity index (χ1) is 24.4. The Morgan fingerprint density at radius 2 is 1.92 bits per heavy atom. The number of nitrogen functional groups attached to an aromatic ring is 1. The minimum Gasteiger partial charge on any atom is -0.477 e. The fourth-order valence-electron chi connectivity index (χ4n) is 5.80. The Labute approximate surface area is 295 Å². The molecule has 0 aromatic carbocycles. The summed E-state index contributed by atoms with van der Waals surface area (Å²) in [5.74, 6) is -6.23. The Morgan fingerprint density at radius 3 is 2.56 bits per heavy atom. The number of rotatable bonds is 17. The number of unbranched alkanes of at least 4 members (excludes halogenated alkanes) is 2. The number of phosphoric acid groups is 1. The monoisotopic (exact) mass is 765 g/mol. The van der Waals surface area contributed by atoms with E-state index in [9.17, 15) is 59.6 Å². The van der Waals surface area contributed by atoms with Gasteiger partial charge in [-0.3, -0.25) is 13.9 Å². The first kappa shape index (κ1) is 41.3. The number of carbonyl (C=O) groups is 2. The van der Waals surface area contributed by atoms with Gasteiger partial charge in [-0.25, -0.2) is 23.4 Å². The van der Waals surface area contributed by atoms with Gasteiger partial charge in [0.1, 0.15) is 48.1 Å². The van der Waals surface area contributed by atoms with Crippen LogP contribution in [0.3, 0.4) is 0 Å². The lowest BCUT2D eigenvalue weighted by Gasteiger charge is -2.46. The first-order valence-corrected chi connectivity index (χ1v) is 17.7. The molecule has 0 spiro atoms. The van der Waals surface area contributed by atoms with Crippen molar-refractivity contribution >= 4 is 25.5 Å². The highest BCUT2D eigenvalue weighted by molar-refractivity contribution is 7.47. The van der Waals surface area contributed by atoms with Gasteiger partial charge in [-0.2, -0.15) is 4.98 Å². The van der Waals surface area contributed by atoms with E-state index in [4.69, 9.17) is 24.3 Å². The summed E-state index contributed by atoms with van der Waals surface area (Å²) in [7, 11) is -5.58. The molecular weight excluding hydrogens is 721 g/mol. The van der Waals surface area contributed by atoms with Gasteiger partial charge in [-0.15, -0.1) is 5.10 Å². The average Bonchev–Trinajstić information content (AvgIpc) is 3.64. The first-order valence-electron chi connectivity index (χ1n) is 16.2. The summed E-state index contributed by atoms with van der Waals surface area (Å²) in [5.41, 5.74) is 4.69. The summed E-state index contributed by atoms with van der Waals surface area (Å²) < 4.78 is 35.7. The number of aliphatic hydroxyl groups excluding tert-OH is 6. The van der Waals surface area contributed by atoms with Gasteiger partial charge >= 0.3 is 19.5 Å². The maximum atomic E-state index is 13.1. The molecule has 4 heterocycles. The topological polar surface area (TPSA) is 354 Å². The second-order valence-electron chi connectivity index (χ2n) is 12.5. The summed E-state index contributed by atoms with van der Waals surface area (Å²) in [6.07, 6.45) is -11.3. The van der Waals surface area contributed by atoms with Gasteiger partial charge in [-0.05, 0) is 12.5 Å². The quantitative estimate of drug-likeness (QED) is 0.0555. The van der Waals surface area contributed by atoms with Gasteiger partial charge in [0, 0.05) is 19.5 Å². The molecule has 24 heteroatoms. The Morgan fingerprint density at radius 1 is 1.21 bits per heavy atom. The second kappa shape index (κ2) is 17.1. The van der Waals surface area contributed by atoms with Crippen molar-refractivity contribution in [2.24, 2.45) is 0 Å². The van der Waals surface area contributed by atoms with E-state index in [-0.39, 0.29) is 11.5 Å². The molecule has 2 fully saturated rings. The number of carbonyl (C=O) groups excluding carboxylic acids is 1. The van der Waals surface area contributed by atoms with E-state index in [1.165, 1.54) is 12.3 Å². The molecule has 0 saturated carbocycles. The van der Waals surface area contributed by atoms with E-state index < -0.39 is 112 Å². The number of phosphoric ester groups is 1. The van der Waals surface area contributed by atoms with E-state index in [0.29, 0.717) is 6.42 Å². The minimum absolute atomic E-state index is 0.138. The van der Waals surface area contributed by atoms with Crippen molar-refractivity contribution in [2.75, 3.05) is 12.3 Å². The molecule has 2 aliphatic rings. The number of nitrogens with one attached hydrogen (secondary N) is 1. The fraction of sp³-hybridized carbons (Fsp3) is 0.714. The number of nitrogens with two attached hydrogens (primary N) is 1. The van der Waals surface area contributed by atoms with Gasteiger partial charge in [0.15, 0.2) is 6.23 Å². The summed E-state index contributed by atoms with van der Waals surface area (Å²) >= 11 is 0. The highest BCUT2D eigenvalue weighted by Crippen LogP contribution is 2.51. The zero-order chi connectivity index (χ0) is 38.5. The number of hydrogen-bond donors (Lipinski definition) is 10. The molecule has 0 bridgehead atoms. The Hall–Kier alpha value is -3.45. The number of carboxylic acid groups (broad SMARTS) is 1. The van der Waals surface area contributed by atoms with E-state index in [2.05, 4.69) is 20.6 Å². The predicted octanol–water partition coefficient (Wildman–Crippen LogP) is -3.36. The van der Waals surface area contributed by atoms with Crippen LogP contribution in [0.2, 0.25) is 0 Å². The normalized spacial score (nSPS) is 30.7. The van der Waals surface area contributed by atoms with Crippen molar-refractivity contribution in [3.05, 3.63) is 34.6 Å². The van der Waals surface area contributed by atoms with Crippen molar-refractivity contribution in [2.45, 2.75) is 119 Å². The fourth-order valence-corrected chi connectivity index (χ4v) is 6.76. The number of aliphatic carboxylic acids is 1. The Balaban J connectivity index is 1.49. The van der Waals surface area contributed by atoms with Crippen LogP contribution in [0.1, 0.15) is 64.0 Å². The predicted molar refractivity (Wildman–Crippen MR) is 170 cm³/mol. The van der Waals surface area contributed by atoms with Crippen LogP contribution in [-0.2, 0) is 39.2 Å². The summed E-state index contributed by atoms with van der Waals surface area (Å²) in [6.45, 7) is 1.51. The number of aliphatic hydroxyl groups is 6. The lowest BCUT2D eigenvalue weighted by atomic mass is 9.88. The van der Waals surface area contributed by atoms with E-state index in [0.717, 1.165) is 41.6 Å². The highest BCUT2D eigenvalue weighted by atomic mass is 31.2. The SMILES string of the molecule is CCCCCC(O)c1cn(C[C@@H](O)[C@@H](O)[C@@H]2O[C@](OP(=O)(O)OC[C@H]3O[C@@H](n4ccc(N)nc4=O)[C@H](O)[C@@H]3O)(C(=O)O)C[C@H](O)[C@H]2NC(C)=O)nn1. The zero-order valence-electron chi connectivity index (χ0n) is 28.1. The Bertz CT molecular complexity index is 1650. The minimum atomic E-state index is -5.58. The maximum absolute atomic E-state index is 13.1. The summed E-state index contributed by atoms with van der Waals surface area (Å²) in [4.78, 5) is 50.8. The summed E-state index contributed by atoms with van der Waals surface area (Å²) in [6, 6.07) is -0.380. The third-order valence-corrected chi connectivity index (χ3v) is 9.48. The number of aromatic nitrogens is 5. The van der Waals surface area contributed by atoms with E-state index >= 15 is 0 Å². The molecule has 2 unspecified atom stereocenters. The van der Waals surface area contributed by atoms with Crippen LogP contribution < -0.4 is 16.7 Å². The zero-order valence-corrected chi connectivity index (χ0v) is 29.0. The van der Waals surface area contributed by atoms with Crippen LogP contribution in [0.25, 0.3) is 0 Å². The molecule has 11 N–H and O–H groups in total. The Kier molecular flexibility index (Phi) is 13.6. The molecule has 23 nitrogen and oxygen atoms in total. The standard InChI is InChI=1S/C28H44N7O16P/c1-3-4-5-6-15(37)14-10-34(33-32-14)11-17(39)21(40)24-20(30-13(2)36)16(38)9-28(50-24,26(43)44)51-52(46,47)48-12-18-22(41)23(42)25(49-18)35-8-7-19(29)31-27(35)45/h7-8,10,15-18,20-25,37-42H,3-6,9,11-12H2,1-2H3,(H,30,36)(H,43,44)(H,46,47)(H2,29,31,45)/t15?,16-,17+,18+,20+,21+,22+,23+,24+,25+,28+/m0/s1. The lowest BCUT2D eigenvalue weighted by molar-refractivity contribution is -0.288. The number of amides is 1. The third-order valence-electron chi connectivity index (χ3n) is 8.48. The maximum Gasteiger partial charge on any atom is 0.475 e. The van der Waals surface area contributed by atoms with Gasteiger partial charge < -0.3 is 61.2 Å². The molecule has 1 amide bonds. The van der Waals surface area contributed by atoms with Crippen LogP contribution in [0.4, 0.5) is 5.82 Å². The highest BCUT2D eigenvalue weighted by Gasteiger charge is 2.59. The molecule has 12 atom stereocenters. The van der Waals surface area contributed by atoms with Crippen molar-refractivity contribution in [1.29, 1.82) is 0 Å². The third kappa shape index (κ3) is 9.75. The van der Waals surface area contributed by atoms with Crippen LogP contribution in [-0.4, -0.2) is 138 Å². The molecule has 0 aliphatic carbocycles. The van der Waals surface area contributed by atoms with Crippen molar-refractivity contribution in [3.8, 4) is 0 Å². The van der Waals surface area contributed by atoms with Crippen LogP contribution in [0.15, 0.2) is 23.3 Å².